The van der Waals surface area contributed by atoms with Crippen molar-refractivity contribution in [2.24, 2.45) is 0 Å². The van der Waals surface area contributed by atoms with Crippen LogP contribution in [0.1, 0.15) is 10.4 Å². The number of nitrogens with one attached hydrogen (secondary N) is 2. The van der Waals surface area contributed by atoms with Crippen molar-refractivity contribution < 1.29 is 14.5 Å². The molecule has 0 aromatic heterocycles. The van der Waals surface area contributed by atoms with Crippen molar-refractivity contribution >= 4 is 35.0 Å². The zero-order valence-corrected chi connectivity index (χ0v) is 16.5. The Morgan fingerprint density at radius 1 is 1.07 bits per heavy atom. The molecule has 0 saturated carbocycles. The summed E-state index contributed by atoms with van der Waals surface area (Å²) in [4.78, 5) is 37.0. The molecule has 2 amide bonds. The fourth-order valence-electron chi connectivity index (χ4n) is 2.30. The number of thioether (sulfide) groups is 1. The van der Waals surface area contributed by atoms with E-state index in [2.05, 4.69) is 10.6 Å². The van der Waals surface area contributed by atoms with Crippen LogP contribution in [-0.4, -0.2) is 54.6 Å². The molecule has 2 aromatic rings. The van der Waals surface area contributed by atoms with Gasteiger partial charge in [-0.2, -0.15) is 0 Å². The second-order valence-electron chi connectivity index (χ2n) is 6.03. The van der Waals surface area contributed by atoms with E-state index < -0.39 is 4.92 Å². The van der Waals surface area contributed by atoms with Gasteiger partial charge in [0.05, 0.1) is 16.2 Å². The SMILES string of the molecule is CN(C)C(=O)CSc1ccccc1C(=O)NCCNc1ccccc1[N+](=O)[O-]. The molecule has 2 rings (SSSR count). The molecule has 2 N–H and O–H groups in total. The minimum Gasteiger partial charge on any atom is -0.378 e. The van der Waals surface area contributed by atoms with Crippen LogP contribution in [0.3, 0.4) is 0 Å². The van der Waals surface area contributed by atoms with E-state index in [4.69, 9.17) is 0 Å². The summed E-state index contributed by atoms with van der Waals surface area (Å²) >= 11 is 1.31. The predicted molar refractivity (Wildman–Crippen MR) is 110 cm³/mol. The zero-order chi connectivity index (χ0) is 20.5. The highest BCUT2D eigenvalue weighted by atomic mass is 32.2. The van der Waals surface area contributed by atoms with Crippen molar-refractivity contribution in [3.63, 3.8) is 0 Å². The molecule has 0 spiro atoms. The molecule has 0 atom stereocenters. The van der Waals surface area contributed by atoms with Crippen LogP contribution in [-0.2, 0) is 4.79 Å². The number of nitro groups is 1. The lowest BCUT2D eigenvalue weighted by Crippen LogP contribution is -2.29. The third-order valence-corrected chi connectivity index (χ3v) is 4.87. The minimum absolute atomic E-state index is 0.0128. The summed E-state index contributed by atoms with van der Waals surface area (Å²) in [6.07, 6.45) is 0. The van der Waals surface area contributed by atoms with E-state index in [9.17, 15) is 19.7 Å². The summed E-state index contributed by atoms with van der Waals surface area (Å²) < 4.78 is 0. The van der Waals surface area contributed by atoms with Gasteiger partial charge in [-0.25, -0.2) is 0 Å². The van der Waals surface area contributed by atoms with Gasteiger partial charge in [-0.1, -0.05) is 24.3 Å². The molecule has 0 saturated heterocycles. The Hall–Kier alpha value is -3.07. The number of nitrogens with zero attached hydrogens (tertiary/aromatic N) is 2. The van der Waals surface area contributed by atoms with Crippen LogP contribution < -0.4 is 10.6 Å². The minimum atomic E-state index is -0.455. The van der Waals surface area contributed by atoms with Crippen molar-refractivity contribution in [2.45, 2.75) is 4.90 Å². The van der Waals surface area contributed by atoms with Gasteiger partial charge in [-0.3, -0.25) is 19.7 Å². The van der Waals surface area contributed by atoms with Crippen molar-refractivity contribution in [3.05, 3.63) is 64.2 Å². The number of nitro benzene ring substituents is 1. The normalized spacial score (nSPS) is 10.2. The number of para-hydroxylation sites is 2. The third kappa shape index (κ3) is 5.98. The third-order valence-electron chi connectivity index (χ3n) is 3.81. The van der Waals surface area contributed by atoms with Gasteiger partial charge >= 0.3 is 0 Å². The smallest absolute Gasteiger partial charge is 0.292 e. The number of hydrogen-bond donors (Lipinski definition) is 2. The van der Waals surface area contributed by atoms with Gasteiger partial charge in [0.15, 0.2) is 0 Å². The monoisotopic (exact) mass is 402 g/mol. The van der Waals surface area contributed by atoms with Crippen LogP contribution in [0.2, 0.25) is 0 Å². The summed E-state index contributed by atoms with van der Waals surface area (Å²) in [7, 11) is 3.37. The van der Waals surface area contributed by atoms with Gasteiger partial charge in [-0.05, 0) is 18.2 Å². The van der Waals surface area contributed by atoms with E-state index in [1.165, 1.54) is 22.7 Å². The van der Waals surface area contributed by atoms with E-state index in [0.717, 1.165) is 4.90 Å². The largest absolute Gasteiger partial charge is 0.378 e. The average Bonchev–Trinajstić information content (AvgIpc) is 2.69. The van der Waals surface area contributed by atoms with E-state index in [1.54, 1.807) is 50.5 Å². The second kappa shape index (κ2) is 10.3. The number of amides is 2. The molecule has 0 heterocycles. The molecule has 0 radical (unpaired) electrons. The standard InChI is InChI=1S/C19H22N4O4S/c1-22(2)18(24)13-28-17-10-6-3-7-14(17)19(25)21-12-11-20-15-8-4-5-9-16(15)23(26)27/h3-10,20H,11-13H2,1-2H3,(H,21,25). The first-order valence-corrected chi connectivity index (χ1v) is 9.56. The first-order chi connectivity index (χ1) is 13.4. The maximum Gasteiger partial charge on any atom is 0.292 e. The fourth-order valence-corrected chi connectivity index (χ4v) is 3.33. The van der Waals surface area contributed by atoms with Gasteiger partial charge in [0.25, 0.3) is 11.6 Å². The molecule has 8 nitrogen and oxygen atoms in total. The molecule has 28 heavy (non-hydrogen) atoms. The highest BCUT2D eigenvalue weighted by Gasteiger charge is 2.14. The van der Waals surface area contributed by atoms with Gasteiger partial charge in [0.1, 0.15) is 5.69 Å². The number of carbonyl (C=O) groups is 2. The Balaban J connectivity index is 1.90. The predicted octanol–water partition coefficient (Wildman–Crippen LogP) is 2.62. The Labute approximate surface area is 167 Å². The topological polar surface area (TPSA) is 105 Å². The summed E-state index contributed by atoms with van der Waals surface area (Å²) in [5.74, 6) is -0.0464. The summed E-state index contributed by atoms with van der Waals surface area (Å²) in [5, 5.41) is 16.7. The molecule has 0 aliphatic carbocycles. The molecular formula is C19H22N4O4S. The molecule has 2 aromatic carbocycles. The molecule has 148 valence electrons. The van der Waals surface area contributed by atoms with E-state index in [1.807, 2.05) is 6.07 Å². The lowest BCUT2D eigenvalue weighted by atomic mass is 10.2. The Morgan fingerprint density at radius 2 is 1.75 bits per heavy atom. The van der Waals surface area contributed by atoms with Gasteiger partial charge in [0.2, 0.25) is 5.91 Å². The van der Waals surface area contributed by atoms with Crippen molar-refractivity contribution in [2.75, 3.05) is 38.3 Å². The van der Waals surface area contributed by atoms with E-state index in [0.29, 0.717) is 24.3 Å². The quantitative estimate of drug-likeness (QED) is 0.289. The highest BCUT2D eigenvalue weighted by Crippen LogP contribution is 2.23. The maximum absolute atomic E-state index is 12.5. The first-order valence-electron chi connectivity index (χ1n) is 8.57. The summed E-state index contributed by atoms with van der Waals surface area (Å²) in [5.41, 5.74) is 0.880. The number of hydrogen-bond acceptors (Lipinski definition) is 6. The molecule has 0 unspecified atom stereocenters. The second-order valence-corrected chi connectivity index (χ2v) is 7.05. The van der Waals surface area contributed by atoms with Crippen LogP contribution in [0.15, 0.2) is 53.4 Å². The van der Waals surface area contributed by atoms with E-state index in [-0.39, 0.29) is 23.3 Å². The van der Waals surface area contributed by atoms with Gasteiger partial charge < -0.3 is 15.5 Å². The number of benzene rings is 2. The zero-order valence-electron chi connectivity index (χ0n) is 15.7. The maximum atomic E-state index is 12.5. The average molecular weight is 402 g/mol. The highest BCUT2D eigenvalue weighted by molar-refractivity contribution is 8.00. The van der Waals surface area contributed by atoms with Crippen LogP contribution in [0, 0.1) is 10.1 Å². The molecule has 0 bridgehead atoms. The first kappa shape index (κ1) is 21.2. The Kier molecular flexibility index (Phi) is 7.82. The molecule has 0 fully saturated rings. The van der Waals surface area contributed by atoms with Crippen molar-refractivity contribution in [1.82, 2.24) is 10.2 Å². The van der Waals surface area contributed by atoms with Gasteiger partial charge in [0, 0.05) is 38.1 Å². The van der Waals surface area contributed by atoms with E-state index >= 15 is 0 Å². The van der Waals surface area contributed by atoms with Crippen LogP contribution in [0.25, 0.3) is 0 Å². The van der Waals surface area contributed by atoms with Crippen LogP contribution >= 0.6 is 11.8 Å². The van der Waals surface area contributed by atoms with Gasteiger partial charge in [-0.15, -0.1) is 11.8 Å². The van der Waals surface area contributed by atoms with Crippen molar-refractivity contribution in [3.8, 4) is 0 Å². The lowest BCUT2D eigenvalue weighted by molar-refractivity contribution is -0.384. The lowest BCUT2D eigenvalue weighted by Gasteiger charge is -2.12. The summed E-state index contributed by atoms with van der Waals surface area (Å²) in [6, 6.07) is 13.4. The Bertz CT molecular complexity index is 857. The molecule has 9 heteroatoms. The fraction of sp³-hybridized carbons (Fsp3) is 0.263. The number of carbonyl (C=O) groups excluding carboxylic acids is 2. The summed E-state index contributed by atoms with van der Waals surface area (Å²) in [6.45, 7) is 0.630. The van der Waals surface area contributed by atoms with Crippen LogP contribution in [0.4, 0.5) is 11.4 Å². The van der Waals surface area contributed by atoms with Crippen LogP contribution in [0.5, 0.6) is 0 Å². The molecule has 0 aliphatic heterocycles. The Morgan fingerprint density at radius 3 is 2.46 bits per heavy atom. The number of anilines is 1. The molecular weight excluding hydrogens is 380 g/mol. The number of rotatable bonds is 9. The molecule has 0 aliphatic rings. The van der Waals surface area contributed by atoms with Crippen molar-refractivity contribution in [1.29, 1.82) is 0 Å².